The van der Waals surface area contributed by atoms with Crippen molar-refractivity contribution in [3.63, 3.8) is 0 Å². The summed E-state index contributed by atoms with van der Waals surface area (Å²) in [7, 11) is 0. The third-order valence-electron chi connectivity index (χ3n) is 4.32. The first-order valence-electron chi connectivity index (χ1n) is 9.11. The molecule has 4 rings (SSSR count). The molecule has 0 saturated heterocycles. The molecule has 4 aromatic rings. The van der Waals surface area contributed by atoms with Gasteiger partial charge in [-0.3, -0.25) is 14.6 Å². The van der Waals surface area contributed by atoms with Crippen LogP contribution < -0.4 is 10.9 Å². The predicted octanol–water partition coefficient (Wildman–Crippen LogP) is 3.98. The van der Waals surface area contributed by atoms with Crippen molar-refractivity contribution in [2.75, 3.05) is 6.54 Å². The normalized spacial score (nSPS) is 10.8. The topological polar surface area (TPSA) is 87.7 Å². The standard InChI is InChI=1S/C21H18N4O2S2/c26-20(15-5-6-16(25-21(15)27)18-3-2-12-28-18)23-9-1-4-19-24-17(13-29-19)14-7-10-22-11-8-14/h2-3,5-8,10-13H,1,4,9H2,(H,23,26)(H,25,27). The highest BCUT2D eigenvalue weighted by Crippen LogP contribution is 2.22. The number of aromatic nitrogens is 3. The number of nitrogens with one attached hydrogen (secondary N) is 2. The number of thiazole rings is 1. The molecule has 0 aliphatic heterocycles. The SMILES string of the molecule is O=C(NCCCc1nc(-c2ccncc2)cs1)c1ccc(-c2cccs2)[nH]c1=O. The Balaban J connectivity index is 1.29. The maximum Gasteiger partial charge on any atom is 0.261 e. The lowest BCUT2D eigenvalue weighted by Crippen LogP contribution is -2.30. The van der Waals surface area contributed by atoms with Gasteiger partial charge >= 0.3 is 0 Å². The summed E-state index contributed by atoms with van der Waals surface area (Å²) in [4.78, 5) is 36.9. The molecule has 0 saturated carbocycles. The first-order valence-corrected chi connectivity index (χ1v) is 10.9. The molecule has 0 fully saturated rings. The number of aryl methyl sites for hydroxylation is 1. The molecule has 0 aromatic carbocycles. The number of aromatic amines is 1. The van der Waals surface area contributed by atoms with E-state index >= 15 is 0 Å². The minimum atomic E-state index is -0.379. The van der Waals surface area contributed by atoms with Crippen molar-refractivity contribution < 1.29 is 4.79 Å². The molecule has 0 spiro atoms. The van der Waals surface area contributed by atoms with Gasteiger partial charge in [0, 0.05) is 36.3 Å². The minimum Gasteiger partial charge on any atom is -0.352 e. The Kier molecular flexibility index (Phi) is 5.92. The van der Waals surface area contributed by atoms with Gasteiger partial charge < -0.3 is 10.3 Å². The van der Waals surface area contributed by atoms with Gasteiger partial charge in [0.1, 0.15) is 5.56 Å². The molecule has 29 heavy (non-hydrogen) atoms. The van der Waals surface area contributed by atoms with Gasteiger partial charge in [-0.25, -0.2) is 4.98 Å². The van der Waals surface area contributed by atoms with E-state index in [1.807, 2.05) is 35.0 Å². The Bertz CT molecular complexity index is 1150. The second-order valence-electron chi connectivity index (χ2n) is 6.31. The maximum absolute atomic E-state index is 12.3. The number of amides is 1. The van der Waals surface area contributed by atoms with Gasteiger partial charge in [-0.2, -0.15) is 0 Å². The third kappa shape index (κ3) is 4.67. The fraction of sp³-hybridized carbons (Fsp3) is 0.143. The van der Waals surface area contributed by atoms with Crippen molar-refractivity contribution in [1.82, 2.24) is 20.3 Å². The molecule has 4 aromatic heterocycles. The Morgan fingerprint density at radius 2 is 1.97 bits per heavy atom. The number of thiophene rings is 1. The molecule has 0 aliphatic rings. The van der Waals surface area contributed by atoms with E-state index in [2.05, 4.69) is 20.3 Å². The van der Waals surface area contributed by atoms with Gasteiger partial charge in [0.25, 0.3) is 11.5 Å². The van der Waals surface area contributed by atoms with E-state index in [-0.39, 0.29) is 17.0 Å². The number of rotatable bonds is 7. The average Bonchev–Trinajstić information content (AvgIpc) is 3.44. The van der Waals surface area contributed by atoms with Crippen molar-refractivity contribution in [3.8, 4) is 21.8 Å². The van der Waals surface area contributed by atoms with E-state index in [1.54, 1.807) is 35.9 Å². The molecule has 1 amide bonds. The smallest absolute Gasteiger partial charge is 0.261 e. The number of hydrogen-bond acceptors (Lipinski definition) is 6. The van der Waals surface area contributed by atoms with E-state index in [0.29, 0.717) is 6.54 Å². The van der Waals surface area contributed by atoms with Crippen molar-refractivity contribution >= 4 is 28.6 Å². The molecule has 0 unspecified atom stereocenters. The molecule has 0 atom stereocenters. The monoisotopic (exact) mass is 422 g/mol. The first-order chi connectivity index (χ1) is 14.2. The van der Waals surface area contributed by atoms with Gasteiger partial charge in [0.05, 0.1) is 21.3 Å². The molecule has 4 heterocycles. The fourth-order valence-corrected chi connectivity index (χ4v) is 4.40. The summed E-state index contributed by atoms with van der Waals surface area (Å²) in [5, 5.41) is 7.80. The largest absolute Gasteiger partial charge is 0.352 e. The number of pyridine rings is 2. The van der Waals surface area contributed by atoms with E-state index in [4.69, 9.17) is 0 Å². The molecule has 0 aliphatic carbocycles. The number of nitrogens with zero attached hydrogens (tertiary/aromatic N) is 2. The molecular formula is C21H18N4O2S2. The zero-order chi connectivity index (χ0) is 20.1. The predicted molar refractivity (Wildman–Crippen MR) is 116 cm³/mol. The van der Waals surface area contributed by atoms with Crippen LogP contribution in [0.15, 0.2) is 64.3 Å². The van der Waals surface area contributed by atoms with Gasteiger partial charge in [-0.05, 0) is 42.1 Å². The Hall–Kier alpha value is -3.10. The third-order valence-corrected chi connectivity index (χ3v) is 6.13. The van der Waals surface area contributed by atoms with Crippen LogP contribution in [0.25, 0.3) is 21.8 Å². The second kappa shape index (κ2) is 8.93. The highest BCUT2D eigenvalue weighted by atomic mass is 32.1. The van der Waals surface area contributed by atoms with Crippen LogP contribution in [-0.2, 0) is 6.42 Å². The summed E-state index contributed by atoms with van der Waals surface area (Å²) in [6, 6.07) is 11.0. The molecule has 146 valence electrons. The highest BCUT2D eigenvalue weighted by molar-refractivity contribution is 7.13. The summed E-state index contributed by atoms with van der Waals surface area (Å²) in [6.07, 6.45) is 5.01. The molecule has 0 bridgehead atoms. The first kappa shape index (κ1) is 19.2. The zero-order valence-electron chi connectivity index (χ0n) is 15.4. The van der Waals surface area contributed by atoms with Crippen LogP contribution in [0.5, 0.6) is 0 Å². The fourth-order valence-electron chi connectivity index (χ4n) is 2.85. The summed E-state index contributed by atoms with van der Waals surface area (Å²) >= 11 is 3.14. The second-order valence-corrected chi connectivity index (χ2v) is 8.20. The minimum absolute atomic E-state index is 0.125. The lowest BCUT2D eigenvalue weighted by atomic mass is 10.2. The van der Waals surface area contributed by atoms with Gasteiger partial charge in [-0.1, -0.05) is 6.07 Å². The van der Waals surface area contributed by atoms with Crippen molar-refractivity contribution in [1.29, 1.82) is 0 Å². The van der Waals surface area contributed by atoms with Crippen LogP contribution in [0.1, 0.15) is 21.8 Å². The number of carbonyl (C=O) groups excluding carboxylic acids is 1. The molecule has 6 nitrogen and oxygen atoms in total. The number of H-pyrrole nitrogens is 1. The van der Waals surface area contributed by atoms with E-state index in [9.17, 15) is 9.59 Å². The van der Waals surface area contributed by atoms with Crippen LogP contribution in [0, 0.1) is 0 Å². The van der Waals surface area contributed by atoms with Gasteiger partial charge in [-0.15, -0.1) is 22.7 Å². The van der Waals surface area contributed by atoms with E-state index < -0.39 is 0 Å². The van der Waals surface area contributed by atoms with Gasteiger partial charge in [0.15, 0.2) is 0 Å². The van der Waals surface area contributed by atoms with Crippen LogP contribution >= 0.6 is 22.7 Å². The number of hydrogen-bond donors (Lipinski definition) is 2. The molecule has 8 heteroatoms. The Morgan fingerprint density at radius 1 is 1.10 bits per heavy atom. The van der Waals surface area contributed by atoms with E-state index in [1.165, 1.54) is 11.3 Å². The highest BCUT2D eigenvalue weighted by Gasteiger charge is 2.11. The lowest BCUT2D eigenvalue weighted by Gasteiger charge is -2.05. The number of carbonyl (C=O) groups is 1. The van der Waals surface area contributed by atoms with Crippen LogP contribution in [0.3, 0.4) is 0 Å². The molecule has 2 N–H and O–H groups in total. The van der Waals surface area contributed by atoms with Crippen LogP contribution in [0.2, 0.25) is 0 Å². The van der Waals surface area contributed by atoms with Crippen LogP contribution in [-0.4, -0.2) is 27.4 Å². The van der Waals surface area contributed by atoms with E-state index in [0.717, 1.165) is 39.7 Å². The quantitative estimate of drug-likeness (QED) is 0.441. The Morgan fingerprint density at radius 3 is 2.72 bits per heavy atom. The lowest BCUT2D eigenvalue weighted by molar-refractivity contribution is 0.0951. The van der Waals surface area contributed by atoms with Crippen LogP contribution in [0.4, 0.5) is 0 Å². The average molecular weight is 423 g/mol. The van der Waals surface area contributed by atoms with Crippen molar-refractivity contribution in [2.24, 2.45) is 0 Å². The van der Waals surface area contributed by atoms with Gasteiger partial charge in [0.2, 0.25) is 0 Å². The summed E-state index contributed by atoms with van der Waals surface area (Å²) in [6.45, 7) is 0.481. The van der Waals surface area contributed by atoms with Crippen molar-refractivity contribution in [3.05, 3.63) is 80.5 Å². The van der Waals surface area contributed by atoms with Crippen molar-refractivity contribution in [2.45, 2.75) is 12.8 Å². The molecular weight excluding hydrogens is 404 g/mol. The maximum atomic E-state index is 12.3. The summed E-state index contributed by atoms with van der Waals surface area (Å²) in [5.41, 5.74) is 2.44. The molecule has 0 radical (unpaired) electrons. The summed E-state index contributed by atoms with van der Waals surface area (Å²) < 4.78 is 0. The summed E-state index contributed by atoms with van der Waals surface area (Å²) in [5.74, 6) is -0.361. The Labute approximate surface area is 175 Å². The zero-order valence-corrected chi connectivity index (χ0v) is 17.1.